The molecule has 0 spiro atoms. The molecule has 0 saturated carbocycles. The molecule has 0 atom stereocenters. The second-order valence-electron chi connectivity index (χ2n) is 4.49. The number of hydrogen-bond donors (Lipinski definition) is 1. The molecule has 108 valence electrons. The Labute approximate surface area is 122 Å². The summed E-state index contributed by atoms with van der Waals surface area (Å²) in [6.07, 6.45) is 0.730. The molecule has 0 unspecified atom stereocenters. The average molecular weight is 294 g/mol. The van der Waals surface area contributed by atoms with Crippen molar-refractivity contribution in [1.82, 2.24) is 10.3 Å². The molecule has 2 aromatic rings. The van der Waals surface area contributed by atoms with Crippen molar-refractivity contribution < 1.29 is 9.13 Å². The van der Waals surface area contributed by atoms with Crippen LogP contribution in [0.4, 0.5) is 4.39 Å². The summed E-state index contributed by atoms with van der Waals surface area (Å²) in [5, 5.41) is 4.35. The number of benzene rings is 1. The van der Waals surface area contributed by atoms with E-state index in [1.54, 1.807) is 30.6 Å². The van der Waals surface area contributed by atoms with Crippen LogP contribution < -0.4 is 5.32 Å². The van der Waals surface area contributed by atoms with E-state index >= 15 is 0 Å². The summed E-state index contributed by atoms with van der Waals surface area (Å²) in [6, 6.07) is 6.57. The fourth-order valence-electron chi connectivity index (χ4n) is 1.92. The predicted molar refractivity (Wildman–Crippen MR) is 79.4 cm³/mol. The maximum Gasteiger partial charge on any atom is 0.123 e. The van der Waals surface area contributed by atoms with Gasteiger partial charge in [-0.15, -0.1) is 11.3 Å². The van der Waals surface area contributed by atoms with E-state index < -0.39 is 0 Å². The van der Waals surface area contributed by atoms with Crippen molar-refractivity contribution in [3.05, 3.63) is 51.2 Å². The molecule has 5 heteroatoms. The molecule has 0 aliphatic carbocycles. The highest BCUT2D eigenvalue weighted by Gasteiger charge is 2.11. The first-order chi connectivity index (χ1) is 9.72. The van der Waals surface area contributed by atoms with Gasteiger partial charge in [-0.3, -0.25) is 0 Å². The van der Waals surface area contributed by atoms with E-state index in [1.807, 2.05) is 0 Å². The zero-order valence-electron chi connectivity index (χ0n) is 11.8. The van der Waals surface area contributed by atoms with Crippen LogP contribution in [0, 0.1) is 5.82 Å². The molecule has 0 radical (unpaired) electrons. The Morgan fingerprint density at radius 2 is 2.05 bits per heavy atom. The van der Waals surface area contributed by atoms with E-state index in [4.69, 9.17) is 4.74 Å². The standard InChI is InChI=1S/C15H19FN2OS/c1-3-17-9-14-13(10-19-2)18-15(20-14)8-11-4-6-12(16)7-5-11/h4-7,17H,3,8-10H2,1-2H3. The summed E-state index contributed by atoms with van der Waals surface area (Å²) >= 11 is 1.69. The van der Waals surface area contributed by atoms with Crippen molar-refractivity contribution in [2.24, 2.45) is 0 Å². The molecule has 0 aliphatic heterocycles. The van der Waals surface area contributed by atoms with E-state index in [1.165, 1.54) is 17.0 Å². The SMILES string of the molecule is CCNCc1sc(Cc2ccc(F)cc2)nc1COC. The molecule has 1 aromatic carbocycles. The third kappa shape index (κ3) is 4.10. The first kappa shape index (κ1) is 15.1. The summed E-state index contributed by atoms with van der Waals surface area (Å²) < 4.78 is 18.1. The third-order valence-electron chi connectivity index (χ3n) is 2.91. The fraction of sp³-hybridized carbons (Fsp3) is 0.400. The molecule has 2 rings (SSSR count). The maximum atomic E-state index is 12.9. The largest absolute Gasteiger partial charge is 0.378 e. The highest BCUT2D eigenvalue weighted by Crippen LogP contribution is 2.22. The number of halogens is 1. The number of rotatable bonds is 7. The molecule has 0 fully saturated rings. The Morgan fingerprint density at radius 3 is 2.70 bits per heavy atom. The normalized spacial score (nSPS) is 10.9. The second kappa shape index (κ2) is 7.47. The first-order valence-corrected chi connectivity index (χ1v) is 7.46. The van der Waals surface area contributed by atoms with E-state index in [9.17, 15) is 4.39 Å². The van der Waals surface area contributed by atoms with E-state index in [2.05, 4.69) is 17.2 Å². The molecule has 1 N–H and O–H groups in total. The van der Waals surface area contributed by atoms with Gasteiger partial charge in [0.1, 0.15) is 5.82 Å². The van der Waals surface area contributed by atoms with Crippen LogP contribution in [0.3, 0.4) is 0 Å². The van der Waals surface area contributed by atoms with Crippen LogP contribution in [0.5, 0.6) is 0 Å². The third-order valence-corrected chi connectivity index (χ3v) is 4.01. The highest BCUT2D eigenvalue weighted by molar-refractivity contribution is 7.11. The van der Waals surface area contributed by atoms with Crippen molar-refractivity contribution in [2.75, 3.05) is 13.7 Å². The smallest absolute Gasteiger partial charge is 0.123 e. The molecule has 0 saturated heterocycles. The lowest BCUT2D eigenvalue weighted by atomic mass is 10.1. The lowest BCUT2D eigenvalue weighted by Gasteiger charge is -2.00. The van der Waals surface area contributed by atoms with Gasteiger partial charge < -0.3 is 10.1 Å². The van der Waals surface area contributed by atoms with Gasteiger partial charge in [0.15, 0.2) is 0 Å². The number of nitrogens with one attached hydrogen (secondary N) is 1. The van der Waals surface area contributed by atoms with Gasteiger partial charge in [-0.2, -0.15) is 0 Å². The van der Waals surface area contributed by atoms with E-state index in [0.717, 1.165) is 35.8 Å². The molecular weight excluding hydrogens is 275 g/mol. The minimum absolute atomic E-state index is 0.208. The highest BCUT2D eigenvalue weighted by atomic mass is 32.1. The van der Waals surface area contributed by atoms with Gasteiger partial charge in [0.05, 0.1) is 17.3 Å². The van der Waals surface area contributed by atoms with Crippen molar-refractivity contribution in [3.63, 3.8) is 0 Å². The Kier molecular flexibility index (Phi) is 5.64. The summed E-state index contributed by atoms with van der Waals surface area (Å²) in [6.45, 7) is 4.35. The number of aromatic nitrogens is 1. The van der Waals surface area contributed by atoms with Gasteiger partial charge in [-0.1, -0.05) is 19.1 Å². The van der Waals surface area contributed by atoms with Gasteiger partial charge >= 0.3 is 0 Å². The second-order valence-corrected chi connectivity index (χ2v) is 5.66. The van der Waals surface area contributed by atoms with Gasteiger partial charge in [-0.25, -0.2) is 9.37 Å². The van der Waals surface area contributed by atoms with Crippen LogP contribution in [-0.2, 0) is 24.3 Å². The zero-order valence-corrected chi connectivity index (χ0v) is 12.6. The van der Waals surface area contributed by atoms with Crippen LogP contribution in [0.2, 0.25) is 0 Å². The Morgan fingerprint density at radius 1 is 1.30 bits per heavy atom. The Bertz CT molecular complexity index is 539. The summed E-state index contributed by atoms with van der Waals surface area (Å²) in [5.74, 6) is -0.208. The number of thiazole rings is 1. The molecule has 0 bridgehead atoms. The monoisotopic (exact) mass is 294 g/mol. The summed E-state index contributed by atoms with van der Waals surface area (Å²) in [4.78, 5) is 5.84. The van der Waals surface area contributed by atoms with Crippen molar-refractivity contribution in [1.29, 1.82) is 0 Å². The Balaban J connectivity index is 2.12. The van der Waals surface area contributed by atoms with Crippen LogP contribution in [0.25, 0.3) is 0 Å². The van der Waals surface area contributed by atoms with Crippen molar-refractivity contribution in [2.45, 2.75) is 26.5 Å². The minimum Gasteiger partial charge on any atom is -0.378 e. The van der Waals surface area contributed by atoms with Gasteiger partial charge in [0, 0.05) is 25.0 Å². The number of methoxy groups -OCH3 is 1. The molecule has 3 nitrogen and oxygen atoms in total. The molecule has 0 aliphatic rings. The van der Waals surface area contributed by atoms with Gasteiger partial charge in [-0.05, 0) is 24.2 Å². The fourth-order valence-corrected chi connectivity index (χ4v) is 2.99. The average Bonchev–Trinajstić information content (AvgIpc) is 2.81. The zero-order chi connectivity index (χ0) is 14.4. The van der Waals surface area contributed by atoms with Gasteiger partial charge in [0.2, 0.25) is 0 Å². The number of ether oxygens (including phenoxy) is 1. The van der Waals surface area contributed by atoms with Crippen molar-refractivity contribution in [3.8, 4) is 0 Å². The van der Waals surface area contributed by atoms with Crippen molar-refractivity contribution >= 4 is 11.3 Å². The number of nitrogens with zero attached hydrogens (tertiary/aromatic N) is 1. The minimum atomic E-state index is -0.208. The maximum absolute atomic E-state index is 12.9. The molecule has 1 aromatic heterocycles. The number of hydrogen-bond acceptors (Lipinski definition) is 4. The lowest BCUT2D eigenvalue weighted by molar-refractivity contribution is 0.181. The van der Waals surface area contributed by atoms with E-state index in [-0.39, 0.29) is 5.82 Å². The lowest BCUT2D eigenvalue weighted by Crippen LogP contribution is -2.12. The molecule has 1 heterocycles. The van der Waals surface area contributed by atoms with Crippen LogP contribution >= 0.6 is 11.3 Å². The van der Waals surface area contributed by atoms with Gasteiger partial charge in [0.25, 0.3) is 0 Å². The Hall–Kier alpha value is -1.30. The molecular formula is C15H19FN2OS. The summed E-state index contributed by atoms with van der Waals surface area (Å²) in [5.41, 5.74) is 2.06. The summed E-state index contributed by atoms with van der Waals surface area (Å²) in [7, 11) is 1.68. The quantitative estimate of drug-likeness (QED) is 0.852. The van der Waals surface area contributed by atoms with Crippen LogP contribution in [0.15, 0.2) is 24.3 Å². The van der Waals surface area contributed by atoms with E-state index in [0.29, 0.717) is 6.61 Å². The predicted octanol–water partition coefficient (Wildman–Crippen LogP) is 3.13. The molecule has 20 heavy (non-hydrogen) atoms. The first-order valence-electron chi connectivity index (χ1n) is 6.64. The van der Waals surface area contributed by atoms with Crippen LogP contribution in [0.1, 0.15) is 28.1 Å². The topological polar surface area (TPSA) is 34.2 Å². The van der Waals surface area contributed by atoms with Crippen LogP contribution in [-0.4, -0.2) is 18.6 Å². The molecule has 0 amide bonds.